The Balaban J connectivity index is 2.23. The number of hydrogen-bond donors (Lipinski definition) is 3. The van der Waals surface area contributed by atoms with Gasteiger partial charge in [0.2, 0.25) is 5.91 Å². The van der Waals surface area contributed by atoms with E-state index >= 15 is 0 Å². The maximum Gasteiger partial charge on any atom is 0.303 e. The molecule has 0 fully saturated rings. The minimum absolute atomic E-state index is 0.0114. The summed E-state index contributed by atoms with van der Waals surface area (Å²) < 4.78 is 26.7. The number of nitrogens with one attached hydrogen (secondary N) is 2. The molecule has 0 aliphatic heterocycles. The normalized spacial score (nSPS) is 10.2. The Kier molecular flexibility index (Phi) is 7.65. The fourth-order valence-electron chi connectivity index (χ4n) is 1.83. The zero-order chi connectivity index (χ0) is 17.2. The van der Waals surface area contributed by atoms with Gasteiger partial charge in [0, 0.05) is 25.9 Å². The quantitative estimate of drug-likeness (QED) is 0.598. The molecule has 0 saturated heterocycles. The molecule has 0 heterocycles. The zero-order valence-electron chi connectivity index (χ0n) is 12.4. The molecule has 0 aromatic heterocycles. The fraction of sp³-hybridized carbons (Fsp3) is 0.400. The number of carboxylic acid groups (broad SMARTS) is 1. The molecule has 2 amide bonds. The molecule has 0 radical (unpaired) electrons. The van der Waals surface area contributed by atoms with Crippen LogP contribution in [0.1, 0.15) is 36.0 Å². The van der Waals surface area contributed by atoms with E-state index in [-0.39, 0.29) is 31.8 Å². The van der Waals surface area contributed by atoms with Gasteiger partial charge >= 0.3 is 5.97 Å². The van der Waals surface area contributed by atoms with Crippen LogP contribution in [-0.4, -0.2) is 36.0 Å². The molecule has 1 aromatic rings. The van der Waals surface area contributed by atoms with Crippen LogP contribution >= 0.6 is 0 Å². The summed E-state index contributed by atoms with van der Waals surface area (Å²) in [7, 11) is 0. The van der Waals surface area contributed by atoms with Crippen LogP contribution in [0.15, 0.2) is 18.2 Å². The van der Waals surface area contributed by atoms with Gasteiger partial charge in [0.25, 0.3) is 5.91 Å². The average Bonchev–Trinajstić information content (AvgIpc) is 2.48. The van der Waals surface area contributed by atoms with Gasteiger partial charge in [0.1, 0.15) is 17.2 Å². The number of carbonyl (C=O) groups is 3. The van der Waals surface area contributed by atoms with Crippen molar-refractivity contribution in [1.82, 2.24) is 10.6 Å². The molecule has 0 unspecified atom stereocenters. The van der Waals surface area contributed by atoms with Gasteiger partial charge in [0.15, 0.2) is 0 Å². The van der Waals surface area contributed by atoms with Crippen molar-refractivity contribution in [1.29, 1.82) is 0 Å². The SMILES string of the molecule is O=C(O)CCCCC(=O)NCCNC(=O)c1c(F)cccc1F. The number of amides is 2. The summed E-state index contributed by atoms with van der Waals surface area (Å²) in [6.45, 7) is 0.132. The van der Waals surface area contributed by atoms with Crippen molar-refractivity contribution < 1.29 is 28.3 Å². The van der Waals surface area contributed by atoms with Gasteiger partial charge in [0.05, 0.1) is 0 Å². The minimum Gasteiger partial charge on any atom is -0.481 e. The predicted molar refractivity (Wildman–Crippen MR) is 77.8 cm³/mol. The van der Waals surface area contributed by atoms with Crippen molar-refractivity contribution in [2.24, 2.45) is 0 Å². The highest BCUT2D eigenvalue weighted by Crippen LogP contribution is 2.11. The number of carboxylic acids is 1. The van der Waals surface area contributed by atoms with E-state index in [0.717, 1.165) is 18.2 Å². The summed E-state index contributed by atoms with van der Waals surface area (Å²) >= 11 is 0. The summed E-state index contributed by atoms with van der Waals surface area (Å²) in [6, 6.07) is 3.12. The summed E-state index contributed by atoms with van der Waals surface area (Å²) in [5, 5.41) is 13.3. The Morgan fingerprint density at radius 2 is 1.52 bits per heavy atom. The Morgan fingerprint density at radius 3 is 2.13 bits per heavy atom. The van der Waals surface area contributed by atoms with Gasteiger partial charge < -0.3 is 15.7 Å². The largest absolute Gasteiger partial charge is 0.481 e. The summed E-state index contributed by atoms with van der Waals surface area (Å²) in [5.74, 6) is -3.98. The van der Waals surface area contributed by atoms with Gasteiger partial charge in [-0.15, -0.1) is 0 Å². The van der Waals surface area contributed by atoms with Crippen LogP contribution in [0.5, 0.6) is 0 Å². The van der Waals surface area contributed by atoms with Crippen molar-refractivity contribution in [2.75, 3.05) is 13.1 Å². The smallest absolute Gasteiger partial charge is 0.303 e. The number of carbonyl (C=O) groups excluding carboxylic acids is 2. The molecule has 0 spiro atoms. The minimum atomic E-state index is -0.954. The molecule has 0 aliphatic rings. The molecule has 126 valence electrons. The standard InChI is InChI=1S/C15H18F2N2O4/c16-10-4-3-5-11(17)14(10)15(23)19-9-8-18-12(20)6-1-2-7-13(21)22/h3-5H,1-2,6-9H2,(H,18,20)(H,19,23)(H,21,22). The second-order valence-electron chi connectivity index (χ2n) is 4.80. The van der Waals surface area contributed by atoms with Crippen LogP contribution in [0.3, 0.4) is 0 Å². The van der Waals surface area contributed by atoms with Crippen LogP contribution in [-0.2, 0) is 9.59 Å². The zero-order valence-corrected chi connectivity index (χ0v) is 12.4. The van der Waals surface area contributed by atoms with Gasteiger partial charge in [-0.2, -0.15) is 0 Å². The first-order valence-corrected chi connectivity index (χ1v) is 7.12. The molecule has 1 aromatic carbocycles. The van der Waals surface area contributed by atoms with Crippen molar-refractivity contribution in [3.05, 3.63) is 35.4 Å². The number of aliphatic carboxylic acids is 1. The molecular formula is C15H18F2N2O4. The topological polar surface area (TPSA) is 95.5 Å². The Labute approximate surface area is 131 Å². The van der Waals surface area contributed by atoms with E-state index in [1.54, 1.807) is 0 Å². The first-order chi connectivity index (χ1) is 10.9. The molecule has 1 rings (SSSR count). The van der Waals surface area contributed by atoms with Crippen molar-refractivity contribution in [3.63, 3.8) is 0 Å². The second-order valence-corrected chi connectivity index (χ2v) is 4.80. The van der Waals surface area contributed by atoms with Gasteiger partial charge in [-0.1, -0.05) is 6.07 Å². The van der Waals surface area contributed by atoms with E-state index in [1.165, 1.54) is 0 Å². The van der Waals surface area contributed by atoms with E-state index in [0.29, 0.717) is 12.8 Å². The predicted octanol–water partition coefficient (Wildman–Crippen LogP) is 1.46. The van der Waals surface area contributed by atoms with Crippen molar-refractivity contribution in [3.8, 4) is 0 Å². The van der Waals surface area contributed by atoms with Crippen LogP contribution in [0.2, 0.25) is 0 Å². The maximum atomic E-state index is 13.4. The summed E-state index contributed by atoms with van der Waals surface area (Å²) in [4.78, 5) is 33.4. The molecule has 0 bridgehead atoms. The first kappa shape index (κ1) is 18.5. The molecule has 0 saturated carbocycles. The third kappa shape index (κ3) is 6.86. The molecule has 23 heavy (non-hydrogen) atoms. The highest BCUT2D eigenvalue weighted by atomic mass is 19.1. The molecule has 0 aliphatic carbocycles. The Bertz CT molecular complexity index is 558. The number of unbranched alkanes of at least 4 members (excludes halogenated alkanes) is 1. The molecule has 0 atom stereocenters. The fourth-order valence-corrected chi connectivity index (χ4v) is 1.83. The lowest BCUT2D eigenvalue weighted by Crippen LogP contribution is -2.35. The number of halogens is 2. The van der Waals surface area contributed by atoms with E-state index in [1.807, 2.05) is 0 Å². The van der Waals surface area contributed by atoms with Crippen LogP contribution in [0.25, 0.3) is 0 Å². The van der Waals surface area contributed by atoms with Crippen LogP contribution in [0, 0.1) is 11.6 Å². The van der Waals surface area contributed by atoms with Gasteiger partial charge in [-0.25, -0.2) is 8.78 Å². The summed E-state index contributed by atoms with van der Waals surface area (Å²) in [6.07, 6.45) is 1.05. The maximum absolute atomic E-state index is 13.4. The Morgan fingerprint density at radius 1 is 0.957 bits per heavy atom. The van der Waals surface area contributed by atoms with E-state index in [2.05, 4.69) is 10.6 Å². The third-order valence-electron chi connectivity index (χ3n) is 2.97. The summed E-state index contributed by atoms with van der Waals surface area (Å²) in [5.41, 5.74) is -0.660. The van der Waals surface area contributed by atoms with Crippen molar-refractivity contribution in [2.45, 2.75) is 25.7 Å². The van der Waals surface area contributed by atoms with Gasteiger partial charge in [-0.05, 0) is 25.0 Å². The highest BCUT2D eigenvalue weighted by Gasteiger charge is 2.16. The lowest BCUT2D eigenvalue weighted by Gasteiger charge is -2.08. The molecular weight excluding hydrogens is 310 g/mol. The highest BCUT2D eigenvalue weighted by molar-refractivity contribution is 5.94. The molecule has 3 N–H and O–H groups in total. The van der Waals surface area contributed by atoms with Crippen LogP contribution < -0.4 is 10.6 Å². The van der Waals surface area contributed by atoms with Gasteiger partial charge in [-0.3, -0.25) is 14.4 Å². The van der Waals surface area contributed by atoms with E-state index in [9.17, 15) is 23.2 Å². The van der Waals surface area contributed by atoms with E-state index in [4.69, 9.17) is 5.11 Å². The average molecular weight is 328 g/mol. The number of hydrogen-bond acceptors (Lipinski definition) is 3. The monoisotopic (exact) mass is 328 g/mol. The third-order valence-corrected chi connectivity index (χ3v) is 2.97. The number of rotatable bonds is 9. The molecule has 8 heteroatoms. The second kappa shape index (κ2) is 9.50. The Hall–Kier alpha value is -2.51. The lowest BCUT2D eigenvalue weighted by molar-refractivity contribution is -0.137. The van der Waals surface area contributed by atoms with E-state index < -0.39 is 29.1 Å². The molecule has 6 nitrogen and oxygen atoms in total. The van der Waals surface area contributed by atoms with Crippen molar-refractivity contribution >= 4 is 17.8 Å². The van der Waals surface area contributed by atoms with Crippen LogP contribution in [0.4, 0.5) is 8.78 Å². The lowest BCUT2D eigenvalue weighted by atomic mass is 10.2. The first-order valence-electron chi connectivity index (χ1n) is 7.12. The number of benzene rings is 1.